The molecule has 42 heavy (non-hydrogen) atoms. The van der Waals surface area contributed by atoms with Crippen LogP contribution in [0.3, 0.4) is 0 Å². The van der Waals surface area contributed by atoms with Crippen molar-refractivity contribution in [2.75, 3.05) is 0 Å². The number of benzene rings is 2. The number of primary amides is 1. The number of aryl methyl sites for hydroxylation is 1. The van der Waals surface area contributed by atoms with Gasteiger partial charge in [0.05, 0.1) is 21.3 Å². The van der Waals surface area contributed by atoms with E-state index in [-0.39, 0.29) is 0 Å². The van der Waals surface area contributed by atoms with Gasteiger partial charge in [0.1, 0.15) is 11.6 Å². The fourth-order valence-electron chi connectivity index (χ4n) is 3.47. The summed E-state index contributed by atoms with van der Waals surface area (Å²) in [5, 5.41) is 1.76. The van der Waals surface area contributed by atoms with E-state index >= 15 is 0 Å². The number of hydrogen-bond acceptors (Lipinski definition) is 3. The molecule has 1 amide bonds. The number of rotatable bonds is 5. The second-order valence-electron chi connectivity index (χ2n) is 8.23. The summed E-state index contributed by atoms with van der Waals surface area (Å²) in [6, 6.07) is 16.9. The van der Waals surface area contributed by atoms with Gasteiger partial charge < -0.3 is 10.6 Å². The molecule has 0 aliphatic heterocycles. The molecule has 2 N–H and O–H groups in total. The molecule has 2 heterocycles. The third-order valence-electron chi connectivity index (χ3n) is 5.24. The monoisotopic (exact) mass is 822 g/mol. The van der Waals surface area contributed by atoms with Crippen LogP contribution in [-0.2, 0) is 17.1 Å². The van der Waals surface area contributed by atoms with Gasteiger partial charge in [0.25, 0.3) is 6.04 Å². The van der Waals surface area contributed by atoms with E-state index in [0.717, 1.165) is 10.0 Å². The maximum absolute atomic E-state index is 11.8. The van der Waals surface area contributed by atoms with Crippen molar-refractivity contribution in [3.05, 3.63) is 137 Å². The minimum atomic E-state index is -3.11. The van der Waals surface area contributed by atoms with Gasteiger partial charge in [-0.15, -0.1) is 0 Å². The second kappa shape index (κ2) is 17.6. The third kappa shape index (κ3) is 12.0. The van der Waals surface area contributed by atoms with Gasteiger partial charge in [-0.1, -0.05) is 64.6 Å². The van der Waals surface area contributed by atoms with Crippen LogP contribution in [0.5, 0.6) is 0 Å². The Morgan fingerprint density at radius 3 is 1.64 bits per heavy atom. The van der Waals surface area contributed by atoms with E-state index in [1.165, 1.54) is 0 Å². The number of halogens is 9. The zero-order chi connectivity index (χ0) is 31.6. The van der Waals surface area contributed by atoms with Crippen LogP contribution in [0, 0.1) is 13.5 Å². The Hall–Kier alpha value is -0.786. The fourth-order valence-corrected chi connectivity index (χ4v) is 4.93. The van der Waals surface area contributed by atoms with E-state index in [0.29, 0.717) is 42.6 Å². The number of pyridine rings is 2. The molecule has 0 bridgehead atoms. The van der Waals surface area contributed by atoms with Crippen molar-refractivity contribution in [3.63, 3.8) is 0 Å². The van der Waals surface area contributed by atoms with Crippen molar-refractivity contribution in [1.29, 1.82) is 0 Å². The summed E-state index contributed by atoms with van der Waals surface area (Å²) in [4.78, 5) is 23.8. The molecule has 2 aromatic carbocycles. The zero-order valence-corrected chi connectivity index (χ0v) is 30.5. The first-order valence-electron chi connectivity index (χ1n) is 11.5. The molecule has 0 aliphatic carbocycles. The van der Waals surface area contributed by atoms with Crippen molar-refractivity contribution in [2.24, 2.45) is 5.73 Å². The molecular weight excluding hydrogens is 808 g/mol. The summed E-state index contributed by atoms with van der Waals surface area (Å²) in [5.41, 5.74) is 8.74. The summed E-state index contributed by atoms with van der Waals surface area (Å²) < 4.78 is 0.861. The summed E-state index contributed by atoms with van der Waals surface area (Å²) in [5.74, 6) is -1.28. The molecular formula is C27H19BrCl8N4OTi. The Morgan fingerprint density at radius 2 is 1.26 bits per heavy atom. The molecule has 4 aromatic rings. The second-order valence-corrected chi connectivity index (χ2v) is 26.2. The van der Waals surface area contributed by atoms with Crippen LogP contribution >= 0.6 is 99.6 Å². The predicted octanol–water partition coefficient (Wildman–Crippen LogP) is 11.2. The van der Waals surface area contributed by atoms with Gasteiger partial charge in [0.2, 0.25) is 5.91 Å². The summed E-state index contributed by atoms with van der Waals surface area (Å²) in [6.45, 7) is 9.25. The first kappa shape index (κ1) is 37.4. The van der Waals surface area contributed by atoms with E-state index in [2.05, 4.69) is 30.7 Å². The molecule has 4 rings (SSSR count). The zero-order valence-electron chi connectivity index (χ0n) is 21.3. The molecule has 2 atom stereocenters. The summed E-state index contributed by atoms with van der Waals surface area (Å²) in [7, 11) is 20.1. The molecule has 0 saturated carbocycles. The van der Waals surface area contributed by atoms with Crippen LogP contribution in [0.4, 0.5) is 0 Å². The van der Waals surface area contributed by atoms with Gasteiger partial charge >= 0.3 is 49.6 Å². The van der Waals surface area contributed by atoms with Gasteiger partial charge in [-0.2, -0.15) is 0 Å². The number of carbonyl (C=O) groups excluding carboxylic acids is 1. The number of hydrogen-bond donors (Lipinski definition) is 1. The molecule has 0 radical (unpaired) electrons. The van der Waals surface area contributed by atoms with E-state index in [1.807, 2.05) is 19.1 Å². The molecule has 2 unspecified atom stereocenters. The molecule has 0 aliphatic rings. The number of nitrogens with zero attached hydrogens (tertiary/aromatic N) is 3. The van der Waals surface area contributed by atoms with E-state index in [9.17, 15) is 4.79 Å². The summed E-state index contributed by atoms with van der Waals surface area (Å²) in [6.07, 6.45) is 3.33. The number of nitrogens with two attached hydrogens (primary N) is 1. The van der Waals surface area contributed by atoms with Crippen molar-refractivity contribution in [2.45, 2.75) is 18.9 Å². The normalized spacial score (nSPS) is 12.0. The molecule has 5 nitrogen and oxygen atoms in total. The third-order valence-corrected chi connectivity index (χ3v) is 7.02. The van der Waals surface area contributed by atoms with Gasteiger partial charge in [-0.25, -0.2) is 6.57 Å². The predicted molar refractivity (Wildman–Crippen MR) is 177 cm³/mol. The first-order chi connectivity index (χ1) is 19.6. The van der Waals surface area contributed by atoms with E-state index < -0.39 is 30.2 Å². The van der Waals surface area contributed by atoms with E-state index in [4.69, 9.17) is 95.9 Å². The van der Waals surface area contributed by atoms with Crippen molar-refractivity contribution < 1.29 is 17.1 Å². The van der Waals surface area contributed by atoms with Crippen LogP contribution < -0.4 is 5.73 Å². The average molecular weight is 827 g/mol. The fraction of sp³-hybridized carbons (Fsp3) is 0.111. The Labute approximate surface area is 291 Å². The standard InChI is InChI=1S/C14H12Cl2N2O.C13H7BrCl2N2.4ClH.Ti/c1-8-5-6-11(18-7-8)13(14(17)19)12-9(15)3-2-4-10(12)16;1-17-13(11-6-5-8(14)7-18-11)12-9(15)3-2-4-10(12)16;;;;;/h2-7,13H,1H3,(H2,17,19);2-7,13H;4*1H;/q;;;;;;+4/p-4. The number of amides is 1. The van der Waals surface area contributed by atoms with Crippen molar-refractivity contribution in [3.8, 4) is 0 Å². The molecule has 2 aromatic heterocycles. The maximum atomic E-state index is 11.8. The van der Waals surface area contributed by atoms with Crippen molar-refractivity contribution >= 4 is 105 Å². The number of aromatic nitrogens is 2. The average Bonchev–Trinajstić information content (AvgIpc) is 2.89. The molecule has 220 valence electrons. The topological polar surface area (TPSA) is 73.2 Å². The van der Waals surface area contributed by atoms with Gasteiger partial charge in [0.15, 0.2) is 0 Å². The summed E-state index contributed by atoms with van der Waals surface area (Å²) >= 11 is 24.7. The molecule has 0 spiro atoms. The van der Waals surface area contributed by atoms with Crippen LogP contribution in [0.2, 0.25) is 20.1 Å². The van der Waals surface area contributed by atoms with Gasteiger partial charge in [0, 0.05) is 32.5 Å². The molecule has 15 heteroatoms. The quantitative estimate of drug-likeness (QED) is 0.161. The van der Waals surface area contributed by atoms with Crippen LogP contribution in [0.1, 0.15) is 40.0 Å². The Bertz CT molecular complexity index is 1500. The van der Waals surface area contributed by atoms with Crippen molar-refractivity contribution in [1.82, 2.24) is 9.97 Å². The first-order valence-corrected chi connectivity index (χ1v) is 22.4. The molecule has 0 fully saturated rings. The van der Waals surface area contributed by atoms with Crippen LogP contribution in [-0.4, -0.2) is 15.9 Å². The molecule has 0 saturated heterocycles. The Balaban J connectivity index is 0.000000254. The SMILES string of the molecule is Cc1ccc(C(C(N)=O)c2c(Cl)cccc2Cl)nc1.[C-]#[N+]C(c1ccc(Br)cn1)c1c(Cl)cccc1Cl.[Cl][Ti]([Cl])([Cl])[Cl]. The van der Waals surface area contributed by atoms with Crippen LogP contribution in [0.25, 0.3) is 4.85 Å². The Kier molecular flexibility index (Phi) is 15.7. The minimum absolute atomic E-state index is 0.402. The van der Waals surface area contributed by atoms with Gasteiger partial charge in [-0.3, -0.25) is 14.8 Å². The number of carbonyl (C=O) groups is 1. The van der Waals surface area contributed by atoms with E-state index in [1.54, 1.807) is 60.9 Å². The Morgan fingerprint density at radius 1 is 0.810 bits per heavy atom. The van der Waals surface area contributed by atoms with Crippen LogP contribution in [0.15, 0.2) is 77.5 Å². The van der Waals surface area contributed by atoms with Gasteiger partial charge in [-0.05, 0) is 70.9 Å².